The van der Waals surface area contributed by atoms with E-state index < -0.39 is 5.97 Å². The van der Waals surface area contributed by atoms with Crippen molar-refractivity contribution in [2.75, 3.05) is 39.4 Å². The second-order valence-electron chi connectivity index (χ2n) is 20.4. The van der Waals surface area contributed by atoms with Gasteiger partial charge in [-0.2, -0.15) is 15.3 Å². The highest BCUT2D eigenvalue weighted by molar-refractivity contribution is 6.40. The number of aliphatic carboxylic acids is 1. The fraction of sp³-hybridized carbons (Fsp3) is 0.169. The smallest absolute Gasteiger partial charge is 0.325 e. The first-order valence-electron chi connectivity index (χ1n) is 28.0. The van der Waals surface area contributed by atoms with Crippen LogP contribution in [0.15, 0.2) is 182 Å². The van der Waals surface area contributed by atoms with Crippen LogP contribution in [0.2, 0.25) is 15.1 Å². The summed E-state index contributed by atoms with van der Waals surface area (Å²) in [5, 5.41) is 52.5. The van der Waals surface area contributed by atoms with Crippen LogP contribution in [-0.4, -0.2) is 132 Å². The van der Waals surface area contributed by atoms with E-state index in [1.165, 1.54) is 4.68 Å². The SMILES string of the molecule is O=C(Cn1nc(-c2ccccc2)c2c(Cl)c(-c3ccccc3)nnc21)N1CCCC1.O=C(Cn1nc(-c2ccccc2)c2c(Cl)c(-c3ccccc3)nnc21)N1CCOCC1.O=C(O)Cn1nc(-c2ccccc2)c2c(Cl)c(-c3ccccc3)nnc21. The molecule has 22 heteroatoms. The van der Waals surface area contributed by atoms with E-state index in [9.17, 15) is 14.4 Å². The van der Waals surface area contributed by atoms with Gasteiger partial charge in [-0.05, 0) is 12.8 Å². The Morgan fingerprint density at radius 3 is 0.920 bits per heavy atom. The van der Waals surface area contributed by atoms with Crippen LogP contribution in [0.1, 0.15) is 12.8 Å². The molecule has 0 radical (unpaired) electrons. The van der Waals surface area contributed by atoms with E-state index in [-0.39, 0.29) is 31.4 Å². The second kappa shape index (κ2) is 26.2. The Morgan fingerprint density at radius 1 is 0.368 bits per heavy atom. The molecule has 2 aliphatic rings. The molecule has 2 amide bonds. The molecular formula is C65H53Cl3N14O5. The number of aromatic nitrogens is 12. The average molecular weight is 1220 g/mol. The molecule has 12 aromatic rings. The largest absolute Gasteiger partial charge is 0.480 e. The topological polar surface area (TPSA) is 218 Å². The maximum Gasteiger partial charge on any atom is 0.325 e. The monoisotopic (exact) mass is 1210 g/mol. The molecule has 0 spiro atoms. The molecule has 0 saturated carbocycles. The highest BCUT2D eigenvalue weighted by Crippen LogP contribution is 2.40. The molecule has 8 heterocycles. The van der Waals surface area contributed by atoms with Gasteiger partial charge in [0.2, 0.25) is 11.8 Å². The minimum atomic E-state index is -1.01. The quantitative estimate of drug-likeness (QED) is 0.120. The predicted molar refractivity (Wildman–Crippen MR) is 334 cm³/mol. The van der Waals surface area contributed by atoms with E-state index in [0.717, 1.165) is 59.3 Å². The number of carbonyl (C=O) groups excluding carboxylic acids is 2. The Labute approximate surface area is 513 Å². The van der Waals surface area contributed by atoms with Crippen molar-refractivity contribution in [3.63, 3.8) is 0 Å². The number of fused-ring (bicyclic) bond motifs is 3. The molecule has 14 rings (SSSR count). The highest BCUT2D eigenvalue weighted by Gasteiger charge is 2.28. The third-order valence-corrected chi connectivity index (χ3v) is 15.9. The summed E-state index contributed by atoms with van der Waals surface area (Å²) in [7, 11) is 0. The zero-order valence-corrected chi connectivity index (χ0v) is 48.8. The highest BCUT2D eigenvalue weighted by atomic mass is 35.5. The summed E-state index contributed by atoms with van der Waals surface area (Å²) in [6.07, 6.45) is 2.10. The number of carbonyl (C=O) groups is 3. The first kappa shape index (κ1) is 57.6. The van der Waals surface area contributed by atoms with Crippen molar-refractivity contribution in [1.82, 2.24) is 69.7 Å². The van der Waals surface area contributed by atoms with Gasteiger partial charge in [-0.1, -0.05) is 217 Å². The lowest BCUT2D eigenvalue weighted by Gasteiger charge is -2.26. The number of ether oxygens (including phenoxy) is 1. The van der Waals surface area contributed by atoms with Crippen LogP contribution < -0.4 is 0 Å². The molecule has 434 valence electrons. The number of nitrogens with zero attached hydrogens (tertiary/aromatic N) is 14. The van der Waals surface area contributed by atoms with Crippen LogP contribution in [-0.2, 0) is 38.8 Å². The van der Waals surface area contributed by atoms with E-state index in [0.29, 0.717) is 109 Å². The Bertz CT molecular complexity index is 4420. The number of carboxylic acids is 1. The molecule has 0 bridgehead atoms. The van der Waals surface area contributed by atoms with Crippen molar-refractivity contribution >= 4 is 85.7 Å². The maximum absolute atomic E-state index is 12.9. The third-order valence-electron chi connectivity index (χ3n) is 14.8. The van der Waals surface area contributed by atoms with E-state index >= 15 is 0 Å². The number of hydrogen-bond donors (Lipinski definition) is 1. The number of likely N-dealkylation sites (tertiary alicyclic amines) is 1. The Morgan fingerprint density at radius 2 is 0.632 bits per heavy atom. The molecule has 0 aliphatic carbocycles. The molecule has 87 heavy (non-hydrogen) atoms. The van der Waals surface area contributed by atoms with Crippen molar-refractivity contribution < 1.29 is 24.2 Å². The zero-order valence-electron chi connectivity index (χ0n) is 46.6. The first-order valence-corrected chi connectivity index (χ1v) is 29.2. The van der Waals surface area contributed by atoms with Gasteiger partial charge in [0.25, 0.3) is 0 Å². The van der Waals surface area contributed by atoms with E-state index in [1.807, 2.05) is 187 Å². The summed E-state index contributed by atoms with van der Waals surface area (Å²) in [4.78, 5) is 40.5. The van der Waals surface area contributed by atoms with E-state index in [2.05, 4.69) is 35.7 Å². The van der Waals surface area contributed by atoms with Crippen LogP contribution in [0.5, 0.6) is 0 Å². The van der Waals surface area contributed by atoms with Crippen molar-refractivity contribution in [3.05, 3.63) is 197 Å². The molecule has 2 aliphatic heterocycles. The van der Waals surface area contributed by atoms with Gasteiger partial charge in [-0.25, -0.2) is 14.0 Å². The predicted octanol–water partition coefficient (Wildman–Crippen LogP) is 12.0. The number of morpholine rings is 1. The lowest BCUT2D eigenvalue weighted by atomic mass is 10.1. The molecule has 6 aromatic heterocycles. The number of rotatable bonds is 12. The lowest BCUT2D eigenvalue weighted by Crippen LogP contribution is -2.42. The minimum Gasteiger partial charge on any atom is -0.480 e. The number of hydrogen-bond acceptors (Lipinski definition) is 13. The first-order chi connectivity index (χ1) is 42.6. The average Bonchev–Trinajstić information content (AvgIpc) is 2.19. The molecule has 0 atom stereocenters. The van der Waals surface area contributed by atoms with Gasteiger partial charge in [0.15, 0.2) is 16.9 Å². The van der Waals surface area contributed by atoms with Crippen LogP contribution in [0.4, 0.5) is 0 Å². The van der Waals surface area contributed by atoms with Crippen LogP contribution in [0, 0.1) is 0 Å². The van der Waals surface area contributed by atoms with Crippen LogP contribution in [0.3, 0.4) is 0 Å². The molecule has 1 N–H and O–H groups in total. The van der Waals surface area contributed by atoms with Crippen molar-refractivity contribution in [1.29, 1.82) is 0 Å². The van der Waals surface area contributed by atoms with E-state index in [4.69, 9.17) is 54.8 Å². The minimum absolute atomic E-state index is 0.0302. The fourth-order valence-corrected chi connectivity index (χ4v) is 11.4. The number of carboxylic acid groups (broad SMARTS) is 1. The summed E-state index contributed by atoms with van der Waals surface area (Å²) in [5.41, 5.74) is 10.3. The molecule has 2 saturated heterocycles. The van der Waals surface area contributed by atoms with Gasteiger partial charge in [0.1, 0.15) is 53.8 Å². The number of benzene rings is 6. The summed E-state index contributed by atoms with van der Waals surface area (Å²) in [6, 6.07) is 57.9. The van der Waals surface area contributed by atoms with Crippen LogP contribution in [0.25, 0.3) is 101 Å². The summed E-state index contributed by atoms with van der Waals surface area (Å²) < 4.78 is 9.89. The Kier molecular flexibility index (Phi) is 17.4. The second-order valence-corrected chi connectivity index (χ2v) is 21.5. The van der Waals surface area contributed by atoms with Crippen molar-refractivity contribution in [3.8, 4) is 67.5 Å². The van der Waals surface area contributed by atoms with Gasteiger partial charge >= 0.3 is 5.97 Å². The van der Waals surface area contributed by atoms with Crippen LogP contribution >= 0.6 is 34.8 Å². The maximum atomic E-state index is 12.9. The molecule has 6 aromatic carbocycles. The lowest BCUT2D eigenvalue weighted by molar-refractivity contribution is -0.138. The fourth-order valence-electron chi connectivity index (χ4n) is 10.5. The third kappa shape index (κ3) is 12.4. The van der Waals surface area contributed by atoms with Gasteiger partial charge in [0.05, 0.1) is 44.4 Å². The van der Waals surface area contributed by atoms with Crippen molar-refractivity contribution in [2.24, 2.45) is 0 Å². The number of amides is 2. The zero-order chi connectivity index (χ0) is 59.8. The molecular weight excluding hydrogens is 1160 g/mol. The summed E-state index contributed by atoms with van der Waals surface area (Å²) >= 11 is 20.4. The van der Waals surface area contributed by atoms with Gasteiger partial charge in [-0.3, -0.25) is 14.4 Å². The van der Waals surface area contributed by atoms with Gasteiger partial charge in [-0.15, -0.1) is 30.6 Å². The molecule has 2 fully saturated rings. The Balaban J connectivity index is 0.000000128. The molecule has 0 unspecified atom stereocenters. The molecule has 19 nitrogen and oxygen atoms in total. The van der Waals surface area contributed by atoms with Crippen molar-refractivity contribution in [2.45, 2.75) is 32.5 Å². The standard InChI is InChI=1S/C23H20ClN5O2.C23H20ClN5O.C19H13ClN4O2/c24-20-19-21(16-7-3-1-4-8-16)27-29(15-18(30)28-11-13-31-14-12-28)23(19)26-25-22(20)17-9-5-2-6-10-17;24-20-19-21(16-9-3-1-4-10-16)27-29(15-18(30)28-13-7-8-14-28)23(19)26-25-22(20)17-11-5-2-6-12-17;20-16-15-17(12-7-3-1-4-8-12)23-24(11-14(25)26)19(15)22-21-18(16)13-9-5-2-6-10-13/h1-10H,11-15H2;1-6,9-12H,7-8,13-15H2;1-10H,11H2,(H,25,26). The Hall–Kier alpha value is -9.79. The number of halogens is 3. The van der Waals surface area contributed by atoms with Gasteiger partial charge in [0, 0.05) is 59.6 Å². The summed E-state index contributed by atoms with van der Waals surface area (Å²) in [6.45, 7) is 3.72. The van der Waals surface area contributed by atoms with E-state index in [1.54, 1.807) is 14.3 Å². The normalized spacial score (nSPS) is 13.1. The van der Waals surface area contributed by atoms with Gasteiger partial charge < -0.3 is 19.6 Å². The summed E-state index contributed by atoms with van der Waals surface area (Å²) in [5.74, 6) is -1.00.